The lowest BCUT2D eigenvalue weighted by atomic mass is 9.84. The number of hydrogen-bond acceptors (Lipinski definition) is 4. The van der Waals surface area contributed by atoms with Gasteiger partial charge in [-0.1, -0.05) is 431 Å². The Morgan fingerprint density at radius 3 is 0.600 bits per heavy atom. The third kappa shape index (κ3) is 10.1. The third-order valence-corrected chi connectivity index (χ3v) is 53.8. The molecule has 0 aromatic heterocycles. The molecule has 1 spiro atoms. The summed E-state index contributed by atoms with van der Waals surface area (Å²) < 4.78 is 22.0. The van der Waals surface area contributed by atoms with Crippen LogP contribution in [0.4, 0.5) is 51.2 Å². The number of anilines is 9. The first kappa shape index (κ1) is 76.1. The fourth-order valence-corrected chi connectivity index (χ4v) is 50.4. The maximum Gasteiger partial charge on any atom is 0.184 e. The van der Waals surface area contributed by atoms with Crippen LogP contribution in [0.25, 0.3) is 22.3 Å². The second-order valence-electron chi connectivity index (χ2n) is 35.4. The van der Waals surface area contributed by atoms with E-state index in [1.54, 1.807) is 0 Å². The number of fused-ring (bicyclic) bond motifs is 18. The summed E-state index contributed by atoms with van der Waals surface area (Å²) in [5.74, 6) is -0.285. The topological polar surface area (TPSA) is 26.8 Å². The van der Waals surface area contributed by atoms with Crippen molar-refractivity contribution in [1.82, 2.24) is 0 Å². The van der Waals surface area contributed by atoms with Gasteiger partial charge in [-0.3, -0.25) is 4.21 Å². The minimum Gasteiger partial charge on any atom is -0.311 e. The van der Waals surface area contributed by atoms with Crippen LogP contribution in [-0.2, 0) is 9.07 Å². The largest absolute Gasteiger partial charge is 0.311 e. The molecule has 0 saturated heterocycles. The predicted octanol–water partition coefficient (Wildman–Crippen LogP) is 18.4. The number of hydrogen-bond donors (Lipinski definition) is 0. The summed E-state index contributed by atoms with van der Waals surface area (Å²) in [6, 6.07) is 193. The molecule has 0 amide bonds. The van der Waals surface area contributed by atoms with Crippen LogP contribution in [0.15, 0.2) is 529 Å². The molecule has 130 heavy (non-hydrogen) atoms. The molecule has 6 aliphatic heterocycles. The van der Waals surface area contributed by atoms with Crippen LogP contribution in [0.2, 0.25) is 0 Å². The Morgan fingerprint density at radius 2 is 0.362 bits per heavy atom. The minimum atomic E-state index is -5.21. The van der Waals surface area contributed by atoms with Gasteiger partial charge in [0.2, 0.25) is 0 Å². The fourth-order valence-electron chi connectivity index (χ4n) is 24.6. The van der Waals surface area contributed by atoms with Crippen LogP contribution in [0.1, 0.15) is 22.6 Å². The molecule has 0 N–H and O–H groups in total. The molecule has 9 heteroatoms. The fraction of sp³-hybridized carbons (Fsp3) is 0.00826. The summed E-state index contributed by atoms with van der Waals surface area (Å²) in [5.41, 5.74) is 16.8. The zero-order valence-electron chi connectivity index (χ0n) is 71.2. The molecular weight excluding hydrogens is 1660 g/mol. The van der Waals surface area contributed by atoms with Crippen LogP contribution < -0.4 is 97.7 Å². The van der Waals surface area contributed by atoms with Crippen molar-refractivity contribution < 1.29 is 4.21 Å². The van der Waals surface area contributed by atoms with E-state index in [1.807, 2.05) is 0 Å². The average molecular weight is 1740 g/mol. The van der Waals surface area contributed by atoms with Gasteiger partial charge in [0.15, 0.2) is 32.3 Å². The SMILES string of the molecule is O=S12(c3cc(C4c5ccccc5[Si](c5ccccc5)(c5ccccc5)c5ccccc54)ccc3-c3ccc(N4c5ccccc5[Si](c5ccccc5)(c5ccccc5)c5ccccc54)cc31)c1cc(N3c4ccccc4[Si](c4ccccc4)(c4ccccc4)c4ccccc43)ccc1-c1ccc(N3c4ccccc4[Si](c4ccccc4)(c4ccccc4)c4ccccc43)cc12. The minimum absolute atomic E-state index is 0.285. The lowest BCUT2D eigenvalue weighted by Gasteiger charge is -2.46. The molecule has 6 heterocycles. The first-order valence-corrected chi connectivity index (χ1v) is 55.2. The summed E-state index contributed by atoms with van der Waals surface area (Å²) in [6.45, 7) is 0. The lowest BCUT2D eigenvalue weighted by Crippen LogP contribution is -2.77. The Hall–Kier alpha value is -15.2. The van der Waals surface area contributed by atoms with E-state index in [2.05, 4.69) is 524 Å². The van der Waals surface area contributed by atoms with Crippen LogP contribution in [0, 0.1) is 0 Å². The predicted molar refractivity (Wildman–Crippen MR) is 552 cm³/mol. The highest BCUT2D eigenvalue weighted by molar-refractivity contribution is 8.21. The molecule has 0 aliphatic carbocycles. The highest BCUT2D eigenvalue weighted by Crippen LogP contribution is 2.73. The van der Waals surface area contributed by atoms with E-state index >= 15 is 4.21 Å². The zero-order valence-corrected chi connectivity index (χ0v) is 76.0. The van der Waals surface area contributed by atoms with Crippen LogP contribution in [0.5, 0.6) is 0 Å². The smallest absolute Gasteiger partial charge is 0.184 e. The van der Waals surface area contributed by atoms with Gasteiger partial charge in [0.1, 0.15) is 0 Å². The molecule has 4 nitrogen and oxygen atoms in total. The Kier molecular flexibility index (Phi) is 17.1. The number of para-hydroxylation sites is 6. The Morgan fingerprint density at radius 1 is 0.177 bits per heavy atom. The highest BCUT2D eigenvalue weighted by Gasteiger charge is 2.61. The van der Waals surface area contributed by atoms with E-state index in [0.717, 1.165) is 98.6 Å². The van der Waals surface area contributed by atoms with E-state index in [9.17, 15) is 0 Å². The van der Waals surface area contributed by atoms with Crippen LogP contribution >= 0.6 is 0 Å². The standard InChI is InChI=1S/C121H85N3OSSi4/c125-126(109-81-85(121-101-57-25-33-65-113(101)127(89-41-9-1-10-42-89,90-43-11-2-12-44-90)114-66-34-26-58-102(114)121)73-77-97(109)98-78-74-86(82-110(98)126)122-103-59-27-35-67-115(103)128(91-45-13-3-14-46-91,92-47-15-4-16-48-92)116-68-36-28-60-104(116)122)111-83-87(123-105-61-29-37-69-117(105)129(93-49-17-5-18-50-93,94-51-19-6-20-52-94)118-70-38-30-62-106(118)123)75-79-99(111)100-80-76-88(84-112(100)126)124-107-63-31-39-71-119(107)130(95-53-21-7-22-54-95,96-55-23-8-24-56-96)120-72-40-32-64-108(120)124/h1-84,121H. The molecule has 0 unspecified atom stereocenters. The van der Waals surface area contributed by atoms with Gasteiger partial charge in [0.25, 0.3) is 0 Å². The Balaban J connectivity index is 0.785. The van der Waals surface area contributed by atoms with Gasteiger partial charge in [-0.2, -0.15) is 0 Å². The summed E-state index contributed by atoms with van der Waals surface area (Å²) in [4.78, 5) is 10.7. The number of benzene rings is 20. The lowest BCUT2D eigenvalue weighted by molar-refractivity contribution is 0.657. The van der Waals surface area contributed by atoms with E-state index < -0.39 is 41.4 Å². The van der Waals surface area contributed by atoms with E-state index in [0.29, 0.717) is 0 Å². The summed E-state index contributed by atoms with van der Waals surface area (Å²) >= 11 is 0. The normalized spacial score (nSPS) is 15.9. The van der Waals surface area contributed by atoms with Gasteiger partial charge in [-0.25, -0.2) is 0 Å². The molecule has 0 atom stereocenters. The van der Waals surface area contributed by atoms with Crippen molar-refractivity contribution in [2.75, 3.05) is 14.7 Å². The highest BCUT2D eigenvalue weighted by atomic mass is 32.3. The molecule has 26 rings (SSSR count). The number of rotatable bonds is 12. The van der Waals surface area contributed by atoms with Crippen LogP contribution in [0.3, 0.4) is 0 Å². The molecule has 0 bridgehead atoms. The van der Waals surface area contributed by atoms with Crippen molar-refractivity contribution >= 4 is 176 Å². The first-order chi connectivity index (χ1) is 64.4. The third-order valence-electron chi connectivity index (χ3n) is 29.6. The monoisotopic (exact) mass is 1740 g/mol. The molecule has 6 aliphatic rings. The van der Waals surface area contributed by atoms with Crippen molar-refractivity contribution in [1.29, 1.82) is 0 Å². The molecule has 0 radical (unpaired) electrons. The van der Waals surface area contributed by atoms with Gasteiger partial charge in [0.05, 0.1) is 0 Å². The van der Waals surface area contributed by atoms with E-state index in [4.69, 9.17) is 0 Å². The van der Waals surface area contributed by atoms with Gasteiger partial charge >= 0.3 is 0 Å². The Labute approximate surface area is 762 Å². The average Bonchev–Trinajstić information content (AvgIpc) is 1.46. The van der Waals surface area contributed by atoms with E-state index in [1.165, 1.54) is 94.1 Å². The maximum atomic E-state index is 22.0. The van der Waals surface area contributed by atoms with Gasteiger partial charge < -0.3 is 14.7 Å². The van der Waals surface area contributed by atoms with Crippen molar-refractivity contribution in [3.05, 3.63) is 526 Å². The second kappa shape index (κ2) is 29.2. The van der Waals surface area contributed by atoms with Crippen molar-refractivity contribution in [2.24, 2.45) is 0 Å². The summed E-state index contributed by atoms with van der Waals surface area (Å²) in [7, 11) is -17.7. The quantitative estimate of drug-likeness (QED) is 0.114. The van der Waals surface area contributed by atoms with Crippen LogP contribution in [-0.4, -0.2) is 36.5 Å². The molecule has 20 aromatic rings. The van der Waals surface area contributed by atoms with Gasteiger partial charge in [-0.05, 0) is 201 Å². The molecular formula is C121H85N3OSSi4. The molecule has 0 saturated carbocycles. The second-order valence-corrected chi connectivity index (χ2v) is 54.0. The summed E-state index contributed by atoms with van der Waals surface area (Å²) in [6.07, 6.45) is 0. The van der Waals surface area contributed by atoms with E-state index in [-0.39, 0.29) is 5.92 Å². The van der Waals surface area contributed by atoms with Gasteiger partial charge in [0, 0.05) is 85.8 Å². The molecule has 0 fully saturated rings. The Bertz CT molecular complexity index is 6740. The number of nitrogens with zero attached hydrogens (tertiary/aromatic N) is 3. The van der Waals surface area contributed by atoms with Gasteiger partial charge in [-0.15, -0.1) is 0 Å². The molecule has 20 aromatic carbocycles. The first-order valence-electron chi connectivity index (χ1n) is 45.2. The summed E-state index contributed by atoms with van der Waals surface area (Å²) in [5, 5.41) is 21.0. The molecule has 612 valence electrons. The maximum absolute atomic E-state index is 22.0. The van der Waals surface area contributed by atoms with Crippen molar-refractivity contribution in [3.8, 4) is 22.3 Å². The van der Waals surface area contributed by atoms with Crippen molar-refractivity contribution in [2.45, 2.75) is 25.5 Å². The van der Waals surface area contributed by atoms with Crippen molar-refractivity contribution in [3.63, 3.8) is 0 Å². The zero-order chi connectivity index (χ0) is 85.9.